The van der Waals surface area contributed by atoms with Crippen LogP contribution in [0.1, 0.15) is 17.0 Å². The average Bonchev–Trinajstić information content (AvgIpc) is 2.67. The Hall–Kier alpha value is -1.78. The van der Waals surface area contributed by atoms with Gasteiger partial charge in [-0.15, -0.1) is 0 Å². The van der Waals surface area contributed by atoms with Gasteiger partial charge in [-0.25, -0.2) is 4.79 Å². The van der Waals surface area contributed by atoms with E-state index in [1.54, 1.807) is 29.0 Å². The van der Waals surface area contributed by atoms with Crippen LogP contribution < -0.4 is 4.74 Å². The summed E-state index contributed by atoms with van der Waals surface area (Å²) in [5, 5.41) is 4.83. The number of hydrogen-bond acceptors (Lipinski definition) is 3. The molecule has 2 rings (SSSR count). The van der Waals surface area contributed by atoms with E-state index in [2.05, 4.69) is 5.10 Å². The van der Waals surface area contributed by atoms with E-state index in [0.29, 0.717) is 5.02 Å². The molecule has 6 heteroatoms. The number of aromatic nitrogens is 2. The molecule has 0 saturated carbocycles. The maximum Gasteiger partial charge on any atom is 0.336 e. The number of carbonyl (C=O) groups excluding carboxylic acids is 1. The van der Waals surface area contributed by atoms with E-state index in [4.69, 9.17) is 27.9 Å². The quantitative estimate of drug-likeness (QED) is 0.487. The molecular weight excluding hydrogens is 311 g/mol. The van der Waals surface area contributed by atoms with Gasteiger partial charge >= 0.3 is 5.97 Å². The molecule has 0 aliphatic carbocycles. The minimum atomic E-state index is -0.526. The molecule has 4 nitrogen and oxygen atoms in total. The Kier molecular flexibility index (Phi) is 4.70. The normalized spacial score (nSPS) is 11.1. The van der Waals surface area contributed by atoms with Crippen molar-refractivity contribution in [2.24, 2.45) is 7.05 Å². The third-order valence-corrected chi connectivity index (χ3v) is 3.88. The summed E-state index contributed by atoms with van der Waals surface area (Å²) in [5.74, 6) is -0.291. The first kappa shape index (κ1) is 15.6. The van der Waals surface area contributed by atoms with Crippen LogP contribution in [0.25, 0.3) is 6.08 Å². The van der Waals surface area contributed by atoms with Crippen LogP contribution in [0.3, 0.4) is 0 Å². The fourth-order valence-corrected chi connectivity index (χ4v) is 2.22. The molecule has 0 fully saturated rings. The Labute approximate surface area is 132 Å². The van der Waals surface area contributed by atoms with Crippen molar-refractivity contribution in [2.75, 3.05) is 0 Å². The Bertz CT molecular complexity index is 721. The highest BCUT2D eigenvalue weighted by Gasteiger charge is 2.10. The fraction of sp³-hybridized carbons (Fsp3) is 0.200. The molecule has 0 bridgehead atoms. The van der Waals surface area contributed by atoms with Crippen LogP contribution in [0.15, 0.2) is 24.3 Å². The highest BCUT2D eigenvalue weighted by atomic mass is 35.5. The highest BCUT2D eigenvalue weighted by molar-refractivity contribution is 6.43. The molecule has 1 aromatic heterocycles. The van der Waals surface area contributed by atoms with Crippen molar-refractivity contribution in [1.29, 1.82) is 0 Å². The van der Waals surface area contributed by atoms with E-state index < -0.39 is 5.97 Å². The summed E-state index contributed by atoms with van der Waals surface area (Å²) in [5.41, 5.74) is 2.71. The Morgan fingerprint density at radius 2 is 2.05 bits per heavy atom. The van der Waals surface area contributed by atoms with Crippen LogP contribution in [0, 0.1) is 13.8 Å². The lowest BCUT2D eigenvalue weighted by molar-refractivity contribution is -0.128. The molecule has 0 spiro atoms. The van der Waals surface area contributed by atoms with Crippen LogP contribution in [0.4, 0.5) is 0 Å². The third-order valence-electron chi connectivity index (χ3n) is 3.08. The van der Waals surface area contributed by atoms with Gasteiger partial charge in [-0.3, -0.25) is 4.68 Å². The first-order valence-corrected chi connectivity index (χ1v) is 7.00. The van der Waals surface area contributed by atoms with Crippen LogP contribution >= 0.6 is 23.2 Å². The first-order valence-electron chi connectivity index (χ1n) is 6.24. The van der Waals surface area contributed by atoms with Crippen LogP contribution in [0.2, 0.25) is 10.0 Å². The maximum absolute atomic E-state index is 11.8. The molecule has 0 unspecified atom stereocenters. The summed E-state index contributed by atoms with van der Waals surface area (Å²) in [6.45, 7) is 3.81. The van der Waals surface area contributed by atoms with Crippen molar-refractivity contribution < 1.29 is 9.53 Å². The minimum Gasteiger partial charge on any atom is -0.422 e. The van der Waals surface area contributed by atoms with Gasteiger partial charge in [0.05, 0.1) is 10.7 Å². The molecule has 110 valence electrons. The number of benzene rings is 1. The van der Waals surface area contributed by atoms with Crippen molar-refractivity contribution in [3.63, 3.8) is 0 Å². The molecule has 0 N–H and O–H groups in total. The zero-order valence-electron chi connectivity index (χ0n) is 11.9. The standard InChI is InChI=1S/C15H14Cl2N2O2/c1-9-11(10(2)19(3)18-9)7-8-14(20)21-13-6-4-5-12(16)15(13)17/h4-8H,1-3H3/b8-7+. The summed E-state index contributed by atoms with van der Waals surface area (Å²) in [6, 6.07) is 4.87. The summed E-state index contributed by atoms with van der Waals surface area (Å²) in [7, 11) is 1.85. The van der Waals surface area contributed by atoms with E-state index >= 15 is 0 Å². The van der Waals surface area contributed by atoms with Crippen molar-refractivity contribution >= 4 is 35.2 Å². The summed E-state index contributed by atoms with van der Waals surface area (Å²) in [6.07, 6.45) is 3.02. The number of ether oxygens (including phenoxy) is 1. The van der Waals surface area contributed by atoms with Gasteiger partial charge in [0.1, 0.15) is 5.02 Å². The molecule has 0 aliphatic rings. The van der Waals surface area contributed by atoms with E-state index in [9.17, 15) is 4.79 Å². The van der Waals surface area contributed by atoms with Crippen molar-refractivity contribution in [3.8, 4) is 5.75 Å². The second-order valence-corrected chi connectivity index (χ2v) is 5.30. The van der Waals surface area contributed by atoms with Crippen molar-refractivity contribution in [3.05, 3.63) is 51.3 Å². The topological polar surface area (TPSA) is 44.1 Å². The van der Waals surface area contributed by atoms with E-state index in [0.717, 1.165) is 17.0 Å². The van der Waals surface area contributed by atoms with E-state index in [-0.39, 0.29) is 10.8 Å². The molecular formula is C15H14Cl2N2O2. The molecule has 21 heavy (non-hydrogen) atoms. The van der Waals surface area contributed by atoms with Gasteiger partial charge in [0.15, 0.2) is 5.75 Å². The molecule has 0 amide bonds. The Morgan fingerprint density at radius 1 is 1.33 bits per heavy atom. The highest BCUT2D eigenvalue weighted by Crippen LogP contribution is 2.31. The fourth-order valence-electron chi connectivity index (χ4n) is 1.89. The van der Waals surface area contributed by atoms with Crippen LogP contribution in [-0.2, 0) is 11.8 Å². The Balaban J connectivity index is 2.15. The molecule has 2 aromatic rings. The van der Waals surface area contributed by atoms with Gasteiger partial charge in [-0.05, 0) is 32.1 Å². The zero-order chi connectivity index (χ0) is 15.6. The number of nitrogens with zero attached hydrogens (tertiary/aromatic N) is 2. The van der Waals surface area contributed by atoms with Gasteiger partial charge in [0.2, 0.25) is 0 Å². The van der Waals surface area contributed by atoms with Crippen LogP contribution in [-0.4, -0.2) is 15.7 Å². The number of carbonyl (C=O) groups is 1. The van der Waals surface area contributed by atoms with Crippen LogP contribution in [0.5, 0.6) is 5.75 Å². The molecule has 0 saturated heterocycles. The maximum atomic E-state index is 11.8. The molecule has 1 heterocycles. The van der Waals surface area contributed by atoms with Gasteiger partial charge in [-0.1, -0.05) is 29.3 Å². The lowest BCUT2D eigenvalue weighted by atomic mass is 10.2. The zero-order valence-corrected chi connectivity index (χ0v) is 13.4. The molecule has 0 aliphatic heterocycles. The Morgan fingerprint density at radius 3 is 2.67 bits per heavy atom. The average molecular weight is 325 g/mol. The van der Waals surface area contributed by atoms with E-state index in [1.165, 1.54) is 6.08 Å². The lowest BCUT2D eigenvalue weighted by Gasteiger charge is -2.04. The second-order valence-electron chi connectivity index (χ2n) is 4.51. The largest absolute Gasteiger partial charge is 0.422 e. The minimum absolute atomic E-state index is 0.217. The summed E-state index contributed by atoms with van der Waals surface area (Å²) < 4.78 is 6.92. The first-order chi connectivity index (χ1) is 9.90. The van der Waals surface area contributed by atoms with Gasteiger partial charge in [-0.2, -0.15) is 5.10 Å². The molecule has 0 atom stereocenters. The van der Waals surface area contributed by atoms with Gasteiger partial charge in [0.25, 0.3) is 0 Å². The summed E-state index contributed by atoms with van der Waals surface area (Å²) in [4.78, 5) is 11.8. The monoisotopic (exact) mass is 324 g/mol. The van der Waals surface area contributed by atoms with Crippen molar-refractivity contribution in [1.82, 2.24) is 9.78 Å². The third kappa shape index (κ3) is 3.46. The summed E-state index contributed by atoms with van der Waals surface area (Å²) >= 11 is 11.8. The number of hydrogen-bond donors (Lipinski definition) is 0. The second kappa shape index (κ2) is 6.33. The SMILES string of the molecule is Cc1nn(C)c(C)c1/C=C/C(=O)Oc1cccc(Cl)c1Cl. The van der Waals surface area contributed by atoms with Gasteiger partial charge < -0.3 is 4.74 Å². The van der Waals surface area contributed by atoms with Crippen molar-refractivity contribution in [2.45, 2.75) is 13.8 Å². The predicted molar refractivity (Wildman–Crippen MR) is 83.8 cm³/mol. The van der Waals surface area contributed by atoms with Gasteiger partial charge in [0, 0.05) is 24.4 Å². The molecule has 0 radical (unpaired) electrons. The van der Waals surface area contributed by atoms with E-state index in [1.807, 2.05) is 20.9 Å². The molecule has 1 aromatic carbocycles. The predicted octanol–water partition coefficient (Wildman–Crippen LogP) is 3.96. The number of halogens is 2. The number of esters is 1. The number of rotatable bonds is 3. The smallest absolute Gasteiger partial charge is 0.336 e. The lowest BCUT2D eigenvalue weighted by Crippen LogP contribution is -2.04. The number of aryl methyl sites for hydroxylation is 2.